The van der Waals surface area contributed by atoms with Crippen LogP contribution in [0.5, 0.6) is 11.5 Å². The molecule has 1 atom stereocenters. The smallest absolute Gasteiger partial charge is 0.331 e. The van der Waals surface area contributed by atoms with E-state index in [0.717, 1.165) is 4.88 Å². The zero-order chi connectivity index (χ0) is 18.2. The third kappa shape index (κ3) is 5.36. The van der Waals surface area contributed by atoms with Crippen LogP contribution in [0, 0.1) is 0 Å². The predicted molar refractivity (Wildman–Crippen MR) is 97.1 cm³/mol. The second-order valence-electron chi connectivity index (χ2n) is 4.99. The Bertz CT molecular complexity index is 755. The van der Waals surface area contributed by atoms with Crippen LogP contribution in [-0.2, 0) is 14.3 Å². The van der Waals surface area contributed by atoms with Crippen molar-refractivity contribution in [2.45, 2.75) is 13.0 Å². The third-order valence-electron chi connectivity index (χ3n) is 3.24. The second-order valence-corrected chi connectivity index (χ2v) is 5.97. The molecule has 1 aromatic carbocycles. The molecule has 0 aliphatic heterocycles. The lowest BCUT2D eigenvalue weighted by molar-refractivity contribution is -0.148. The van der Waals surface area contributed by atoms with Crippen LogP contribution in [0.15, 0.2) is 41.8 Å². The lowest BCUT2D eigenvalue weighted by Gasteiger charge is -2.14. The zero-order valence-corrected chi connectivity index (χ0v) is 15.0. The standard InChI is InChI=1S/C18H19NO5S/c1-12(24-17(20)9-7-14-5-4-10-25-14)18(21)19-13-6-8-15(22-2)16(11-13)23-3/h4-12H,1-3H3,(H,19,21)/b9-7+/t12-/m0/s1. The summed E-state index contributed by atoms with van der Waals surface area (Å²) < 4.78 is 15.4. The number of hydrogen-bond donors (Lipinski definition) is 1. The molecular formula is C18H19NO5S. The Hall–Kier alpha value is -2.80. The van der Waals surface area contributed by atoms with E-state index in [4.69, 9.17) is 14.2 Å². The minimum absolute atomic E-state index is 0.440. The number of anilines is 1. The van der Waals surface area contributed by atoms with Crippen LogP contribution < -0.4 is 14.8 Å². The minimum Gasteiger partial charge on any atom is -0.493 e. The van der Waals surface area contributed by atoms with E-state index < -0.39 is 18.0 Å². The van der Waals surface area contributed by atoms with Gasteiger partial charge in [0.15, 0.2) is 17.6 Å². The van der Waals surface area contributed by atoms with Gasteiger partial charge in [-0.3, -0.25) is 4.79 Å². The molecule has 6 nitrogen and oxygen atoms in total. The third-order valence-corrected chi connectivity index (χ3v) is 4.08. The number of ether oxygens (including phenoxy) is 3. The Morgan fingerprint density at radius 2 is 1.92 bits per heavy atom. The van der Waals surface area contributed by atoms with Crippen LogP contribution in [-0.4, -0.2) is 32.2 Å². The van der Waals surface area contributed by atoms with Gasteiger partial charge >= 0.3 is 5.97 Å². The molecule has 2 rings (SSSR count). The van der Waals surface area contributed by atoms with Crippen molar-refractivity contribution in [2.75, 3.05) is 19.5 Å². The molecule has 7 heteroatoms. The lowest BCUT2D eigenvalue weighted by atomic mass is 10.2. The molecule has 0 spiro atoms. The second kappa shape index (κ2) is 8.89. The van der Waals surface area contributed by atoms with Gasteiger partial charge in [0.05, 0.1) is 14.2 Å². The number of benzene rings is 1. The molecule has 0 radical (unpaired) electrons. The summed E-state index contributed by atoms with van der Waals surface area (Å²) in [5, 5.41) is 4.58. The van der Waals surface area contributed by atoms with E-state index in [1.165, 1.54) is 38.6 Å². The van der Waals surface area contributed by atoms with Gasteiger partial charge in [-0.15, -0.1) is 11.3 Å². The summed E-state index contributed by atoms with van der Waals surface area (Å²) >= 11 is 1.50. The Labute approximate surface area is 150 Å². The first-order chi connectivity index (χ1) is 12.0. The minimum atomic E-state index is -0.936. The Balaban J connectivity index is 1.92. The Morgan fingerprint density at radius 1 is 1.16 bits per heavy atom. The van der Waals surface area contributed by atoms with Gasteiger partial charge < -0.3 is 19.5 Å². The van der Waals surface area contributed by atoms with Crippen molar-refractivity contribution in [3.8, 4) is 11.5 Å². The fourth-order valence-electron chi connectivity index (χ4n) is 1.96. The predicted octanol–water partition coefficient (Wildman–Crippen LogP) is 3.35. The number of hydrogen-bond acceptors (Lipinski definition) is 6. The highest BCUT2D eigenvalue weighted by Gasteiger charge is 2.17. The number of rotatable bonds is 7. The molecule has 0 saturated carbocycles. The van der Waals surface area contributed by atoms with Crippen LogP contribution in [0.1, 0.15) is 11.8 Å². The van der Waals surface area contributed by atoms with Crippen molar-refractivity contribution in [1.82, 2.24) is 0 Å². The first-order valence-electron chi connectivity index (χ1n) is 7.48. The fraction of sp³-hybridized carbons (Fsp3) is 0.222. The summed E-state index contributed by atoms with van der Waals surface area (Å²) in [6.07, 6.45) is 2.01. The molecule has 0 aliphatic carbocycles. The van der Waals surface area contributed by atoms with Crippen LogP contribution in [0.2, 0.25) is 0 Å². The molecule has 132 valence electrons. The van der Waals surface area contributed by atoms with Gasteiger partial charge in [-0.05, 0) is 36.6 Å². The number of carbonyl (C=O) groups excluding carboxylic acids is 2. The van der Waals surface area contributed by atoms with E-state index in [2.05, 4.69) is 5.32 Å². The van der Waals surface area contributed by atoms with Crippen molar-refractivity contribution in [1.29, 1.82) is 0 Å². The molecule has 1 heterocycles. The molecule has 1 amide bonds. The number of thiophene rings is 1. The quantitative estimate of drug-likeness (QED) is 0.605. The van der Waals surface area contributed by atoms with Crippen molar-refractivity contribution in [3.05, 3.63) is 46.7 Å². The number of carbonyl (C=O) groups is 2. The monoisotopic (exact) mass is 361 g/mol. The summed E-state index contributed by atoms with van der Waals surface area (Å²) in [6, 6.07) is 8.73. The summed E-state index contributed by atoms with van der Waals surface area (Å²) in [6.45, 7) is 1.51. The maximum Gasteiger partial charge on any atom is 0.331 e. The molecule has 0 saturated heterocycles. The highest BCUT2D eigenvalue weighted by molar-refractivity contribution is 7.10. The Kier molecular flexibility index (Phi) is 6.59. The van der Waals surface area contributed by atoms with Crippen molar-refractivity contribution in [3.63, 3.8) is 0 Å². The number of methoxy groups -OCH3 is 2. The zero-order valence-electron chi connectivity index (χ0n) is 14.1. The van der Waals surface area contributed by atoms with Gasteiger partial charge in [0.2, 0.25) is 0 Å². The van der Waals surface area contributed by atoms with Crippen LogP contribution in [0.25, 0.3) is 6.08 Å². The first-order valence-corrected chi connectivity index (χ1v) is 8.36. The van der Waals surface area contributed by atoms with E-state index >= 15 is 0 Å². The maximum atomic E-state index is 12.2. The van der Waals surface area contributed by atoms with E-state index in [1.54, 1.807) is 24.3 Å². The van der Waals surface area contributed by atoms with Crippen LogP contribution in [0.4, 0.5) is 5.69 Å². The molecule has 1 N–H and O–H groups in total. The van der Waals surface area contributed by atoms with Gasteiger partial charge in [-0.1, -0.05) is 6.07 Å². The van der Waals surface area contributed by atoms with Crippen molar-refractivity contribution >= 4 is 35.0 Å². The maximum absolute atomic E-state index is 12.2. The van der Waals surface area contributed by atoms with Gasteiger partial charge in [0, 0.05) is 22.7 Å². The molecular weight excluding hydrogens is 342 g/mol. The molecule has 0 unspecified atom stereocenters. The molecule has 25 heavy (non-hydrogen) atoms. The van der Waals surface area contributed by atoms with Gasteiger partial charge in [0.25, 0.3) is 5.91 Å². The van der Waals surface area contributed by atoms with E-state index in [-0.39, 0.29) is 0 Å². The highest BCUT2D eigenvalue weighted by atomic mass is 32.1. The fourth-order valence-corrected chi connectivity index (χ4v) is 2.58. The summed E-state index contributed by atoms with van der Waals surface area (Å²) in [4.78, 5) is 24.9. The number of nitrogens with one attached hydrogen (secondary N) is 1. The Morgan fingerprint density at radius 3 is 2.56 bits per heavy atom. The van der Waals surface area contributed by atoms with E-state index in [9.17, 15) is 9.59 Å². The van der Waals surface area contributed by atoms with Crippen molar-refractivity contribution in [2.24, 2.45) is 0 Å². The topological polar surface area (TPSA) is 73.9 Å². The van der Waals surface area contributed by atoms with Gasteiger partial charge in [-0.25, -0.2) is 4.79 Å². The van der Waals surface area contributed by atoms with Crippen molar-refractivity contribution < 1.29 is 23.8 Å². The van der Waals surface area contributed by atoms with Crippen LogP contribution >= 0.6 is 11.3 Å². The van der Waals surface area contributed by atoms with Gasteiger partial charge in [-0.2, -0.15) is 0 Å². The molecule has 0 fully saturated rings. The summed E-state index contributed by atoms with van der Waals surface area (Å²) in [5.74, 6) is 0.0240. The number of amides is 1. The highest BCUT2D eigenvalue weighted by Crippen LogP contribution is 2.29. The summed E-state index contributed by atoms with van der Waals surface area (Å²) in [5.41, 5.74) is 0.514. The largest absolute Gasteiger partial charge is 0.493 e. The average Bonchev–Trinajstić information content (AvgIpc) is 3.13. The molecule has 1 aromatic heterocycles. The van der Waals surface area contributed by atoms with Gasteiger partial charge in [0.1, 0.15) is 0 Å². The van der Waals surface area contributed by atoms with Crippen LogP contribution in [0.3, 0.4) is 0 Å². The lowest BCUT2D eigenvalue weighted by Crippen LogP contribution is -2.29. The van der Waals surface area contributed by atoms with E-state index in [0.29, 0.717) is 17.2 Å². The molecule has 0 bridgehead atoms. The van der Waals surface area contributed by atoms with E-state index in [1.807, 2.05) is 17.5 Å². The average molecular weight is 361 g/mol. The SMILES string of the molecule is COc1ccc(NC(=O)[C@H](C)OC(=O)/C=C/c2cccs2)cc1OC. The summed E-state index contributed by atoms with van der Waals surface area (Å²) in [7, 11) is 3.04. The number of esters is 1. The molecule has 2 aromatic rings. The molecule has 0 aliphatic rings. The normalized spacial score (nSPS) is 11.8. The first kappa shape index (κ1) is 18.5.